The van der Waals surface area contributed by atoms with Gasteiger partial charge in [0.1, 0.15) is 5.78 Å². The zero-order chi connectivity index (χ0) is 11.3. The largest absolute Gasteiger partial charge is 0.481 e. The second-order valence-corrected chi connectivity index (χ2v) is 4.12. The number of carboxylic acids is 1. The molecule has 1 saturated carbocycles. The number of rotatable bonds is 5. The number of aliphatic carboxylic acids is 1. The number of carboxylic acid groups (broad SMARTS) is 1. The lowest BCUT2D eigenvalue weighted by Gasteiger charge is -2.15. The molecule has 3 heteroatoms. The molecule has 0 radical (unpaired) electrons. The minimum Gasteiger partial charge on any atom is -0.481 e. The molecule has 1 aliphatic rings. The third-order valence-electron chi connectivity index (χ3n) is 3.06. The number of hydrogen-bond donors (Lipinski definition) is 1. The van der Waals surface area contributed by atoms with Gasteiger partial charge < -0.3 is 5.11 Å². The molecule has 0 aliphatic heterocycles. The summed E-state index contributed by atoms with van der Waals surface area (Å²) < 4.78 is 0. The third-order valence-corrected chi connectivity index (χ3v) is 3.06. The van der Waals surface area contributed by atoms with Crippen LogP contribution in [-0.2, 0) is 9.59 Å². The van der Waals surface area contributed by atoms with Gasteiger partial charge in [0.25, 0.3) is 0 Å². The van der Waals surface area contributed by atoms with E-state index in [1.165, 1.54) is 0 Å². The van der Waals surface area contributed by atoms with Crippen LogP contribution in [0.2, 0.25) is 0 Å². The number of allylic oxidation sites excluding steroid dienone is 2. The Balaban J connectivity index is 2.48. The molecule has 1 fully saturated rings. The average molecular weight is 210 g/mol. The summed E-state index contributed by atoms with van der Waals surface area (Å²) in [5.41, 5.74) is 0. The van der Waals surface area contributed by atoms with Crippen molar-refractivity contribution in [1.29, 1.82) is 0 Å². The van der Waals surface area contributed by atoms with Crippen LogP contribution >= 0.6 is 0 Å². The Morgan fingerprint density at radius 1 is 1.60 bits per heavy atom. The quantitative estimate of drug-likeness (QED) is 0.709. The summed E-state index contributed by atoms with van der Waals surface area (Å²) in [5.74, 6) is -0.478. The summed E-state index contributed by atoms with van der Waals surface area (Å²) >= 11 is 0. The normalized spacial score (nSPS) is 26.3. The Kier molecular flexibility index (Phi) is 4.53. The van der Waals surface area contributed by atoms with Gasteiger partial charge in [0.15, 0.2) is 0 Å². The topological polar surface area (TPSA) is 54.4 Å². The molecule has 0 aromatic rings. The van der Waals surface area contributed by atoms with Crippen LogP contribution in [0.15, 0.2) is 12.2 Å². The molecule has 0 bridgehead atoms. The maximum Gasteiger partial charge on any atom is 0.303 e. The first-order chi connectivity index (χ1) is 7.15. The molecule has 1 N–H and O–H groups in total. The number of carbonyl (C=O) groups is 2. The van der Waals surface area contributed by atoms with E-state index in [1.54, 1.807) is 0 Å². The SMILES string of the molecule is C/C=C/CCC1C(=O)CCC1CC(=O)O. The summed E-state index contributed by atoms with van der Waals surface area (Å²) in [6.45, 7) is 1.95. The van der Waals surface area contributed by atoms with E-state index >= 15 is 0 Å². The molecule has 0 amide bonds. The first-order valence-electron chi connectivity index (χ1n) is 5.50. The number of ketones is 1. The van der Waals surface area contributed by atoms with Crippen molar-refractivity contribution >= 4 is 11.8 Å². The van der Waals surface area contributed by atoms with Crippen LogP contribution in [0.5, 0.6) is 0 Å². The summed E-state index contributed by atoms with van der Waals surface area (Å²) in [5, 5.41) is 8.72. The second kappa shape index (κ2) is 5.69. The predicted molar refractivity (Wildman–Crippen MR) is 57.5 cm³/mol. The van der Waals surface area contributed by atoms with Crippen LogP contribution in [0.1, 0.15) is 39.0 Å². The Morgan fingerprint density at radius 2 is 2.33 bits per heavy atom. The van der Waals surface area contributed by atoms with Crippen LogP contribution in [0, 0.1) is 11.8 Å². The van der Waals surface area contributed by atoms with Gasteiger partial charge in [0.05, 0.1) is 0 Å². The lowest BCUT2D eigenvalue weighted by Crippen LogP contribution is -2.17. The van der Waals surface area contributed by atoms with Gasteiger partial charge in [-0.2, -0.15) is 0 Å². The maximum absolute atomic E-state index is 11.5. The van der Waals surface area contributed by atoms with Gasteiger partial charge in [0.2, 0.25) is 0 Å². The number of Topliss-reactive ketones (excluding diaryl/α,β-unsaturated/α-hetero) is 1. The van der Waals surface area contributed by atoms with Crippen molar-refractivity contribution in [3.8, 4) is 0 Å². The molecule has 0 spiro atoms. The van der Waals surface area contributed by atoms with Gasteiger partial charge in [-0.15, -0.1) is 0 Å². The molecule has 2 unspecified atom stereocenters. The predicted octanol–water partition coefficient (Wildman–Crippen LogP) is 2.41. The standard InChI is InChI=1S/C12H18O3/c1-2-3-4-5-10-9(8-12(14)15)6-7-11(10)13/h2-3,9-10H,4-8H2,1H3,(H,14,15)/b3-2+. The van der Waals surface area contributed by atoms with E-state index in [4.69, 9.17) is 5.11 Å². The van der Waals surface area contributed by atoms with E-state index in [0.717, 1.165) is 19.3 Å². The van der Waals surface area contributed by atoms with Crippen molar-refractivity contribution in [3.05, 3.63) is 12.2 Å². The Morgan fingerprint density at radius 3 is 2.93 bits per heavy atom. The molecule has 1 rings (SSSR count). The van der Waals surface area contributed by atoms with E-state index in [1.807, 2.05) is 19.1 Å². The van der Waals surface area contributed by atoms with E-state index in [9.17, 15) is 9.59 Å². The summed E-state index contributed by atoms with van der Waals surface area (Å²) in [4.78, 5) is 22.2. The molecule has 0 saturated heterocycles. The smallest absolute Gasteiger partial charge is 0.303 e. The van der Waals surface area contributed by atoms with Crippen molar-refractivity contribution in [2.24, 2.45) is 11.8 Å². The summed E-state index contributed by atoms with van der Waals surface area (Å²) in [6, 6.07) is 0. The van der Waals surface area contributed by atoms with Gasteiger partial charge in [-0.3, -0.25) is 9.59 Å². The van der Waals surface area contributed by atoms with E-state index < -0.39 is 5.97 Å². The van der Waals surface area contributed by atoms with Crippen molar-refractivity contribution in [1.82, 2.24) is 0 Å². The van der Waals surface area contributed by atoms with Crippen molar-refractivity contribution in [2.75, 3.05) is 0 Å². The Labute approximate surface area is 90.2 Å². The Bertz CT molecular complexity index is 268. The fourth-order valence-electron chi connectivity index (χ4n) is 2.28. The zero-order valence-electron chi connectivity index (χ0n) is 9.11. The van der Waals surface area contributed by atoms with Gasteiger partial charge in [0, 0.05) is 18.8 Å². The molecule has 2 atom stereocenters. The van der Waals surface area contributed by atoms with E-state index in [-0.39, 0.29) is 24.0 Å². The van der Waals surface area contributed by atoms with E-state index in [0.29, 0.717) is 6.42 Å². The molecule has 84 valence electrons. The summed E-state index contributed by atoms with van der Waals surface area (Å²) in [6.07, 6.45) is 7.15. The molecular weight excluding hydrogens is 192 g/mol. The van der Waals surface area contributed by atoms with Crippen LogP contribution in [-0.4, -0.2) is 16.9 Å². The number of hydrogen-bond acceptors (Lipinski definition) is 2. The highest BCUT2D eigenvalue weighted by atomic mass is 16.4. The van der Waals surface area contributed by atoms with Crippen molar-refractivity contribution < 1.29 is 14.7 Å². The van der Waals surface area contributed by atoms with Gasteiger partial charge in [-0.25, -0.2) is 0 Å². The van der Waals surface area contributed by atoms with Crippen LogP contribution in [0.4, 0.5) is 0 Å². The third kappa shape index (κ3) is 3.50. The average Bonchev–Trinajstić information content (AvgIpc) is 2.49. The van der Waals surface area contributed by atoms with Crippen LogP contribution in [0.25, 0.3) is 0 Å². The fourth-order valence-corrected chi connectivity index (χ4v) is 2.28. The van der Waals surface area contributed by atoms with E-state index in [2.05, 4.69) is 0 Å². The first-order valence-corrected chi connectivity index (χ1v) is 5.50. The minimum atomic E-state index is -0.786. The molecule has 0 heterocycles. The number of carbonyl (C=O) groups excluding carboxylic acids is 1. The second-order valence-electron chi connectivity index (χ2n) is 4.12. The molecule has 15 heavy (non-hydrogen) atoms. The summed E-state index contributed by atoms with van der Waals surface area (Å²) in [7, 11) is 0. The first kappa shape index (κ1) is 12.0. The molecule has 0 aromatic carbocycles. The Hall–Kier alpha value is -1.12. The van der Waals surface area contributed by atoms with Crippen molar-refractivity contribution in [2.45, 2.75) is 39.0 Å². The highest BCUT2D eigenvalue weighted by molar-refractivity contribution is 5.84. The van der Waals surface area contributed by atoms with Gasteiger partial charge >= 0.3 is 5.97 Å². The lowest BCUT2D eigenvalue weighted by molar-refractivity contribution is -0.138. The maximum atomic E-state index is 11.5. The molecular formula is C12H18O3. The molecule has 1 aliphatic carbocycles. The monoisotopic (exact) mass is 210 g/mol. The minimum absolute atomic E-state index is 0.0164. The molecule has 0 aromatic heterocycles. The van der Waals surface area contributed by atoms with Crippen LogP contribution < -0.4 is 0 Å². The highest BCUT2D eigenvalue weighted by Crippen LogP contribution is 2.34. The lowest BCUT2D eigenvalue weighted by atomic mass is 9.88. The van der Waals surface area contributed by atoms with Crippen LogP contribution in [0.3, 0.4) is 0 Å². The van der Waals surface area contributed by atoms with Crippen molar-refractivity contribution in [3.63, 3.8) is 0 Å². The van der Waals surface area contributed by atoms with Gasteiger partial charge in [-0.05, 0) is 32.1 Å². The fraction of sp³-hybridized carbons (Fsp3) is 0.667. The highest BCUT2D eigenvalue weighted by Gasteiger charge is 2.34. The molecule has 3 nitrogen and oxygen atoms in total. The van der Waals surface area contributed by atoms with Gasteiger partial charge in [-0.1, -0.05) is 12.2 Å². The zero-order valence-corrected chi connectivity index (χ0v) is 9.11.